The molecule has 138 valence electrons. The van der Waals surface area contributed by atoms with Gasteiger partial charge in [0.2, 0.25) is 0 Å². The minimum Gasteiger partial charge on any atom is -0.444 e. The van der Waals surface area contributed by atoms with Crippen molar-refractivity contribution < 1.29 is 9.53 Å². The van der Waals surface area contributed by atoms with E-state index in [0.717, 1.165) is 43.5 Å². The summed E-state index contributed by atoms with van der Waals surface area (Å²) in [5.41, 5.74) is 0.652. The lowest BCUT2D eigenvalue weighted by atomic mass is 10.0. The van der Waals surface area contributed by atoms with Gasteiger partial charge in [0, 0.05) is 19.6 Å². The average Bonchev–Trinajstić information content (AvgIpc) is 3.11. The predicted molar refractivity (Wildman–Crippen MR) is 99.5 cm³/mol. The fraction of sp³-hybridized carbons (Fsp3) is 0.650. The highest BCUT2D eigenvalue weighted by Gasteiger charge is 2.36. The van der Waals surface area contributed by atoms with Gasteiger partial charge in [-0.05, 0) is 57.7 Å². The SMILES string of the molecule is CC(C)(C)OC(=O)NC(CCN1CC2CNCC2C1)c1ccccc1. The molecule has 5 heteroatoms. The van der Waals surface area contributed by atoms with Crippen LogP contribution >= 0.6 is 0 Å². The Morgan fingerprint density at radius 1 is 1.24 bits per heavy atom. The third-order valence-corrected chi connectivity index (χ3v) is 5.09. The molecule has 3 atom stereocenters. The summed E-state index contributed by atoms with van der Waals surface area (Å²) in [4.78, 5) is 14.8. The van der Waals surface area contributed by atoms with Crippen LogP contribution < -0.4 is 10.6 Å². The molecule has 3 rings (SSSR count). The van der Waals surface area contributed by atoms with E-state index < -0.39 is 5.60 Å². The number of nitrogens with zero attached hydrogens (tertiary/aromatic N) is 1. The Morgan fingerprint density at radius 3 is 2.48 bits per heavy atom. The summed E-state index contributed by atoms with van der Waals surface area (Å²) < 4.78 is 5.45. The Kier molecular flexibility index (Phi) is 5.64. The minimum atomic E-state index is -0.481. The van der Waals surface area contributed by atoms with Gasteiger partial charge in [0.25, 0.3) is 0 Å². The molecule has 0 bridgehead atoms. The number of likely N-dealkylation sites (tertiary alicyclic amines) is 1. The second-order valence-electron chi connectivity index (χ2n) is 8.34. The number of hydrogen-bond donors (Lipinski definition) is 2. The number of hydrogen-bond acceptors (Lipinski definition) is 4. The molecular weight excluding hydrogens is 314 g/mol. The topological polar surface area (TPSA) is 53.6 Å². The van der Waals surface area contributed by atoms with Gasteiger partial charge in [-0.15, -0.1) is 0 Å². The number of amides is 1. The van der Waals surface area contributed by atoms with Crippen LogP contribution in [0.2, 0.25) is 0 Å². The molecule has 2 saturated heterocycles. The highest BCUT2D eigenvalue weighted by molar-refractivity contribution is 5.68. The largest absolute Gasteiger partial charge is 0.444 e. The van der Waals surface area contributed by atoms with Crippen molar-refractivity contribution in [2.45, 2.75) is 38.8 Å². The predicted octanol–water partition coefficient (Wildman–Crippen LogP) is 2.79. The molecule has 3 unspecified atom stereocenters. The first-order valence-corrected chi connectivity index (χ1v) is 9.38. The zero-order valence-corrected chi connectivity index (χ0v) is 15.6. The van der Waals surface area contributed by atoms with Crippen molar-refractivity contribution in [2.75, 3.05) is 32.7 Å². The van der Waals surface area contributed by atoms with Gasteiger partial charge >= 0.3 is 6.09 Å². The molecule has 0 radical (unpaired) electrons. The maximum atomic E-state index is 12.2. The molecule has 25 heavy (non-hydrogen) atoms. The molecule has 0 aromatic heterocycles. The highest BCUT2D eigenvalue weighted by atomic mass is 16.6. The fourth-order valence-electron chi connectivity index (χ4n) is 3.90. The normalized spacial score (nSPS) is 24.8. The minimum absolute atomic E-state index is 0.0189. The molecule has 2 aliphatic heterocycles. The maximum Gasteiger partial charge on any atom is 0.408 e. The first-order valence-electron chi connectivity index (χ1n) is 9.38. The standard InChI is InChI=1S/C20H31N3O2/c1-20(2,3)25-19(24)22-18(15-7-5-4-6-8-15)9-10-23-13-16-11-21-12-17(16)14-23/h4-8,16-18,21H,9-14H2,1-3H3,(H,22,24). The number of carbonyl (C=O) groups is 1. The molecule has 1 amide bonds. The second-order valence-corrected chi connectivity index (χ2v) is 8.34. The van der Waals surface area contributed by atoms with Crippen LogP contribution in [0.3, 0.4) is 0 Å². The lowest BCUT2D eigenvalue weighted by Gasteiger charge is -2.26. The van der Waals surface area contributed by atoms with E-state index in [1.54, 1.807) is 0 Å². The lowest BCUT2D eigenvalue weighted by molar-refractivity contribution is 0.0498. The van der Waals surface area contributed by atoms with Gasteiger partial charge in [-0.25, -0.2) is 4.79 Å². The number of benzene rings is 1. The monoisotopic (exact) mass is 345 g/mol. The van der Waals surface area contributed by atoms with Gasteiger partial charge in [-0.1, -0.05) is 30.3 Å². The smallest absolute Gasteiger partial charge is 0.408 e. The first kappa shape index (κ1) is 18.2. The third kappa shape index (κ3) is 5.19. The van der Waals surface area contributed by atoms with Crippen LogP contribution in [0.4, 0.5) is 4.79 Å². The fourth-order valence-corrected chi connectivity index (χ4v) is 3.90. The number of nitrogens with one attached hydrogen (secondary N) is 2. The van der Waals surface area contributed by atoms with E-state index in [9.17, 15) is 4.79 Å². The van der Waals surface area contributed by atoms with E-state index in [1.807, 2.05) is 39.0 Å². The molecule has 2 N–H and O–H groups in total. The van der Waals surface area contributed by atoms with Crippen molar-refractivity contribution in [3.63, 3.8) is 0 Å². The Balaban J connectivity index is 1.58. The third-order valence-electron chi connectivity index (χ3n) is 5.09. The van der Waals surface area contributed by atoms with Crippen molar-refractivity contribution in [2.24, 2.45) is 11.8 Å². The van der Waals surface area contributed by atoms with E-state index in [0.29, 0.717) is 0 Å². The van der Waals surface area contributed by atoms with Crippen LogP contribution in [-0.2, 0) is 4.74 Å². The summed E-state index contributed by atoms with van der Waals surface area (Å²) >= 11 is 0. The van der Waals surface area contributed by atoms with Crippen molar-refractivity contribution in [3.8, 4) is 0 Å². The lowest BCUT2D eigenvalue weighted by Crippen LogP contribution is -2.36. The van der Waals surface area contributed by atoms with Crippen molar-refractivity contribution >= 4 is 6.09 Å². The van der Waals surface area contributed by atoms with Gasteiger partial charge in [-0.2, -0.15) is 0 Å². The van der Waals surface area contributed by atoms with Crippen LogP contribution in [0.5, 0.6) is 0 Å². The maximum absolute atomic E-state index is 12.2. The average molecular weight is 345 g/mol. The Morgan fingerprint density at radius 2 is 1.88 bits per heavy atom. The number of rotatable bonds is 5. The molecule has 0 saturated carbocycles. The summed E-state index contributed by atoms with van der Waals surface area (Å²) in [6.45, 7) is 11.3. The molecular formula is C20H31N3O2. The van der Waals surface area contributed by atoms with E-state index in [1.165, 1.54) is 13.1 Å². The Bertz CT molecular complexity index is 558. The summed E-state index contributed by atoms with van der Waals surface area (Å²) in [6, 6.07) is 10.2. The highest BCUT2D eigenvalue weighted by Crippen LogP contribution is 2.27. The Hall–Kier alpha value is -1.59. The summed E-state index contributed by atoms with van der Waals surface area (Å²) in [7, 11) is 0. The molecule has 1 aromatic carbocycles. The molecule has 2 aliphatic rings. The van der Waals surface area contributed by atoms with E-state index in [-0.39, 0.29) is 12.1 Å². The summed E-state index contributed by atoms with van der Waals surface area (Å²) in [5, 5.41) is 6.55. The number of alkyl carbamates (subject to hydrolysis) is 1. The van der Waals surface area contributed by atoms with Crippen LogP contribution in [0.25, 0.3) is 0 Å². The molecule has 0 aliphatic carbocycles. The zero-order chi connectivity index (χ0) is 17.9. The van der Waals surface area contributed by atoms with Gasteiger partial charge < -0.3 is 20.3 Å². The molecule has 1 aromatic rings. The van der Waals surface area contributed by atoms with Gasteiger partial charge in [0.15, 0.2) is 0 Å². The number of fused-ring (bicyclic) bond motifs is 1. The molecule has 2 fully saturated rings. The second kappa shape index (κ2) is 7.75. The van der Waals surface area contributed by atoms with Gasteiger partial charge in [-0.3, -0.25) is 0 Å². The summed E-state index contributed by atoms with van der Waals surface area (Å²) in [6.07, 6.45) is 0.555. The van der Waals surface area contributed by atoms with Crippen molar-refractivity contribution in [1.29, 1.82) is 0 Å². The number of ether oxygens (including phenoxy) is 1. The van der Waals surface area contributed by atoms with E-state index in [2.05, 4.69) is 27.7 Å². The summed E-state index contributed by atoms with van der Waals surface area (Å²) in [5.74, 6) is 1.60. The first-order chi connectivity index (χ1) is 11.9. The van der Waals surface area contributed by atoms with Gasteiger partial charge in [0.1, 0.15) is 5.60 Å². The quantitative estimate of drug-likeness (QED) is 0.862. The number of carbonyl (C=O) groups excluding carboxylic acids is 1. The van der Waals surface area contributed by atoms with Crippen molar-refractivity contribution in [3.05, 3.63) is 35.9 Å². The Labute approximate surface area is 151 Å². The van der Waals surface area contributed by atoms with Crippen LogP contribution in [-0.4, -0.2) is 49.3 Å². The molecule has 0 spiro atoms. The van der Waals surface area contributed by atoms with Crippen molar-refractivity contribution in [1.82, 2.24) is 15.5 Å². The molecule has 2 heterocycles. The zero-order valence-electron chi connectivity index (χ0n) is 15.6. The molecule has 5 nitrogen and oxygen atoms in total. The van der Waals surface area contributed by atoms with Crippen LogP contribution in [0.15, 0.2) is 30.3 Å². The van der Waals surface area contributed by atoms with Crippen LogP contribution in [0.1, 0.15) is 38.8 Å². The van der Waals surface area contributed by atoms with Gasteiger partial charge in [0.05, 0.1) is 6.04 Å². The van der Waals surface area contributed by atoms with E-state index >= 15 is 0 Å². The van der Waals surface area contributed by atoms with E-state index in [4.69, 9.17) is 4.74 Å². The van der Waals surface area contributed by atoms with Crippen LogP contribution in [0, 0.1) is 11.8 Å².